The molecule has 8 nitrogen and oxygen atoms in total. The molecule has 0 aliphatic heterocycles. The van der Waals surface area contributed by atoms with Gasteiger partial charge in [0.05, 0.1) is 17.2 Å². The Labute approximate surface area is 251 Å². The number of phenols is 2. The summed E-state index contributed by atoms with van der Waals surface area (Å²) in [7, 11) is 1.53. The Hall–Kier alpha value is -4.92. The molecule has 0 saturated carbocycles. The summed E-state index contributed by atoms with van der Waals surface area (Å²) in [6, 6.07) is 21.3. The van der Waals surface area contributed by atoms with Crippen LogP contribution >= 0.6 is 23.2 Å². The fraction of sp³-hybridized carbons (Fsp3) is 0.0625. The van der Waals surface area contributed by atoms with E-state index < -0.39 is 0 Å². The number of ether oxygens (including phenoxy) is 1. The first-order chi connectivity index (χ1) is 20.3. The molecular formula is C32H24Cl2N4O4. The predicted octanol–water partition coefficient (Wildman–Crippen LogP) is 7.88. The zero-order valence-electron chi connectivity index (χ0n) is 22.5. The third-order valence-corrected chi connectivity index (χ3v) is 7.04. The Balaban J connectivity index is 0.000000169. The van der Waals surface area contributed by atoms with Gasteiger partial charge in [0.25, 0.3) is 0 Å². The molecule has 42 heavy (non-hydrogen) atoms. The monoisotopic (exact) mass is 598 g/mol. The number of benzene rings is 3. The molecule has 3 heterocycles. The molecule has 6 rings (SSSR count). The standard InChI is InChI=1S/C17H13ClN2O2.C15H11ClN2O2/c1-10(21)20-15-7-3-2-5-11(15)13-9-14(18)12-6-4-8-19-16(12)17(13)22;1-20-15-9(4-2-7-18-15)11-8-12(16)10-5-3-6-17-13(10)14(11)19/h2-9,22H,1H3,(H,20,21);2-8,19H,1H3. The number of nitrogens with one attached hydrogen (secondary N) is 1. The van der Waals surface area contributed by atoms with Gasteiger partial charge in [-0.05, 0) is 54.6 Å². The minimum absolute atomic E-state index is 0.0396. The highest BCUT2D eigenvalue weighted by Gasteiger charge is 2.17. The second-order valence-corrected chi connectivity index (χ2v) is 9.91. The number of para-hydroxylation sites is 1. The number of aromatic nitrogens is 3. The average Bonchev–Trinajstić information content (AvgIpc) is 3.01. The molecule has 3 aromatic heterocycles. The van der Waals surface area contributed by atoms with Gasteiger partial charge >= 0.3 is 0 Å². The lowest BCUT2D eigenvalue weighted by molar-refractivity contribution is -0.114. The van der Waals surface area contributed by atoms with Crippen LogP contribution in [0.25, 0.3) is 44.1 Å². The fourth-order valence-corrected chi connectivity index (χ4v) is 5.08. The van der Waals surface area contributed by atoms with E-state index in [1.54, 1.807) is 61.1 Å². The highest BCUT2D eigenvalue weighted by molar-refractivity contribution is 6.36. The number of anilines is 1. The maximum Gasteiger partial charge on any atom is 0.221 e. The summed E-state index contributed by atoms with van der Waals surface area (Å²) in [5.41, 5.74) is 3.93. The Morgan fingerprint density at radius 1 is 0.714 bits per heavy atom. The van der Waals surface area contributed by atoms with Gasteiger partial charge in [-0.15, -0.1) is 0 Å². The molecule has 210 valence electrons. The fourth-order valence-electron chi connectivity index (χ4n) is 4.56. The van der Waals surface area contributed by atoms with E-state index in [-0.39, 0.29) is 17.4 Å². The van der Waals surface area contributed by atoms with Crippen LogP contribution in [-0.2, 0) is 4.79 Å². The van der Waals surface area contributed by atoms with Crippen LogP contribution in [-0.4, -0.2) is 38.2 Å². The lowest BCUT2D eigenvalue weighted by atomic mass is 10.00. The smallest absolute Gasteiger partial charge is 0.221 e. The second-order valence-electron chi connectivity index (χ2n) is 9.10. The van der Waals surface area contributed by atoms with Gasteiger partial charge in [-0.25, -0.2) is 4.98 Å². The predicted molar refractivity (Wildman–Crippen MR) is 166 cm³/mol. The number of methoxy groups -OCH3 is 1. The topological polar surface area (TPSA) is 117 Å². The van der Waals surface area contributed by atoms with Crippen LogP contribution in [0.4, 0.5) is 5.69 Å². The molecule has 0 radical (unpaired) electrons. The van der Waals surface area contributed by atoms with Crippen LogP contribution in [0.5, 0.6) is 17.4 Å². The molecule has 6 aromatic rings. The van der Waals surface area contributed by atoms with Crippen LogP contribution in [0.3, 0.4) is 0 Å². The summed E-state index contributed by atoms with van der Waals surface area (Å²) in [6.07, 6.45) is 4.84. The number of nitrogens with zero attached hydrogens (tertiary/aromatic N) is 3. The van der Waals surface area contributed by atoms with E-state index in [0.29, 0.717) is 65.7 Å². The molecule has 0 atom stereocenters. The maximum atomic E-state index is 11.3. The number of hydrogen-bond donors (Lipinski definition) is 3. The lowest BCUT2D eigenvalue weighted by Gasteiger charge is -2.13. The summed E-state index contributed by atoms with van der Waals surface area (Å²) in [5, 5.41) is 26.2. The van der Waals surface area contributed by atoms with Gasteiger partial charge in [0.1, 0.15) is 22.5 Å². The molecule has 0 aliphatic carbocycles. The van der Waals surface area contributed by atoms with Crippen molar-refractivity contribution >= 4 is 56.6 Å². The van der Waals surface area contributed by atoms with E-state index >= 15 is 0 Å². The first kappa shape index (κ1) is 28.6. The quantitative estimate of drug-likeness (QED) is 0.189. The van der Waals surface area contributed by atoms with Gasteiger partial charge in [-0.1, -0.05) is 41.4 Å². The van der Waals surface area contributed by atoms with E-state index in [4.69, 9.17) is 27.9 Å². The van der Waals surface area contributed by atoms with Gasteiger partial charge in [-0.3, -0.25) is 14.8 Å². The van der Waals surface area contributed by atoms with E-state index in [1.807, 2.05) is 30.3 Å². The number of pyridine rings is 3. The van der Waals surface area contributed by atoms with E-state index in [2.05, 4.69) is 20.3 Å². The largest absolute Gasteiger partial charge is 0.505 e. The SMILES string of the molecule is CC(=O)Nc1ccccc1-c1cc(Cl)c2cccnc2c1O.COc1ncccc1-c1cc(Cl)c2cccnc2c1O. The van der Waals surface area contributed by atoms with Gasteiger partial charge in [-0.2, -0.15) is 0 Å². The van der Waals surface area contributed by atoms with Crippen molar-refractivity contribution in [3.63, 3.8) is 0 Å². The average molecular weight is 599 g/mol. The Morgan fingerprint density at radius 3 is 1.79 bits per heavy atom. The number of amides is 1. The molecule has 0 bridgehead atoms. The summed E-state index contributed by atoms with van der Waals surface area (Å²) in [5.74, 6) is 0.347. The zero-order chi connectivity index (χ0) is 29.8. The third-order valence-electron chi connectivity index (χ3n) is 6.41. The van der Waals surface area contributed by atoms with Crippen molar-refractivity contribution in [1.82, 2.24) is 15.0 Å². The number of rotatable bonds is 4. The van der Waals surface area contributed by atoms with Crippen LogP contribution in [0.2, 0.25) is 10.0 Å². The number of fused-ring (bicyclic) bond motifs is 2. The van der Waals surface area contributed by atoms with Crippen molar-refractivity contribution in [3.8, 4) is 39.6 Å². The molecule has 10 heteroatoms. The third kappa shape index (κ3) is 5.63. The summed E-state index contributed by atoms with van der Waals surface area (Å²) >= 11 is 12.6. The van der Waals surface area contributed by atoms with Crippen LogP contribution in [0.1, 0.15) is 6.92 Å². The van der Waals surface area contributed by atoms with E-state index in [0.717, 1.165) is 0 Å². The summed E-state index contributed by atoms with van der Waals surface area (Å²) < 4.78 is 5.22. The van der Waals surface area contributed by atoms with Crippen molar-refractivity contribution in [2.24, 2.45) is 0 Å². The highest BCUT2D eigenvalue weighted by Crippen LogP contribution is 2.42. The maximum absolute atomic E-state index is 11.3. The van der Waals surface area contributed by atoms with Crippen molar-refractivity contribution in [3.05, 3.63) is 101 Å². The normalized spacial score (nSPS) is 10.7. The van der Waals surface area contributed by atoms with Crippen molar-refractivity contribution < 1.29 is 19.7 Å². The number of aromatic hydroxyl groups is 2. The molecule has 0 fully saturated rings. The molecule has 3 aromatic carbocycles. The second kappa shape index (κ2) is 12.3. The minimum Gasteiger partial charge on any atom is -0.505 e. The number of phenolic OH excluding ortho intramolecular Hbond substituents is 2. The highest BCUT2D eigenvalue weighted by atomic mass is 35.5. The van der Waals surface area contributed by atoms with Crippen LogP contribution in [0, 0.1) is 0 Å². The van der Waals surface area contributed by atoms with Gasteiger partial charge in [0, 0.05) is 64.2 Å². The van der Waals surface area contributed by atoms with E-state index in [1.165, 1.54) is 14.0 Å². The first-order valence-corrected chi connectivity index (χ1v) is 13.4. The molecule has 1 amide bonds. The molecule has 0 aliphatic rings. The minimum atomic E-state index is -0.183. The number of carbonyl (C=O) groups excluding carboxylic acids is 1. The zero-order valence-corrected chi connectivity index (χ0v) is 24.0. The van der Waals surface area contributed by atoms with Crippen molar-refractivity contribution in [1.29, 1.82) is 0 Å². The Morgan fingerprint density at radius 2 is 1.21 bits per heavy atom. The number of halogens is 2. The molecule has 0 unspecified atom stereocenters. The van der Waals surface area contributed by atoms with Gasteiger partial charge < -0.3 is 20.3 Å². The lowest BCUT2D eigenvalue weighted by Crippen LogP contribution is -2.06. The van der Waals surface area contributed by atoms with E-state index in [9.17, 15) is 15.0 Å². The summed E-state index contributed by atoms with van der Waals surface area (Å²) in [6.45, 7) is 1.44. The Bertz CT molecular complexity index is 1950. The van der Waals surface area contributed by atoms with Gasteiger partial charge in [0.15, 0.2) is 0 Å². The summed E-state index contributed by atoms with van der Waals surface area (Å²) in [4.78, 5) is 23.9. The van der Waals surface area contributed by atoms with Gasteiger partial charge in [0.2, 0.25) is 11.8 Å². The number of carbonyl (C=O) groups is 1. The van der Waals surface area contributed by atoms with Crippen LogP contribution in [0.15, 0.2) is 91.4 Å². The number of hydrogen-bond acceptors (Lipinski definition) is 7. The molecular weight excluding hydrogens is 575 g/mol. The van der Waals surface area contributed by atoms with Crippen molar-refractivity contribution in [2.75, 3.05) is 12.4 Å². The first-order valence-electron chi connectivity index (χ1n) is 12.7. The molecule has 3 N–H and O–H groups in total. The molecule has 0 saturated heterocycles. The molecule has 0 spiro atoms. The Kier molecular flexibility index (Phi) is 8.38. The van der Waals surface area contributed by atoms with Crippen LogP contribution < -0.4 is 10.1 Å². The van der Waals surface area contributed by atoms with Crippen molar-refractivity contribution in [2.45, 2.75) is 6.92 Å².